The molecule has 2 aliphatic heterocycles. The van der Waals surface area contributed by atoms with E-state index in [2.05, 4.69) is 34.1 Å². The first-order chi connectivity index (χ1) is 12.2. The van der Waals surface area contributed by atoms with E-state index in [1.807, 2.05) is 6.07 Å². The number of nitrogens with zero attached hydrogens (tertiary/aromatic N) is 2. The van der Waals surface area contributed by atoms with Crippen molar-refractivity contribution in [3.63, 3.8) is 0 Å². The van der Waals surface area contributed by atoms with E-state index >= 15 is 0 Å². The molecule has 2 unspecified atom stereocenters. The average molecular weight is 380 g/mol. The van der Waals surface area contributed by atoms with Crippen molar-refractivity contribution in [2.75, 3.05) is 32.8 Å². The molecule has 3 fully saturated rings. The predicted octanol–water partition coefficient (Wildman–Crippen LogP) is 2.00. The van der Waals surface area contributed by atoms with Gasteiger partial charge in [0.1, 0.15) is 0 Å². The normalized spacial score (nSPS) is 32.0. The van der Waals surface area contributed by atoms with E-state index in [0.717, 1.165) is 32.5 Å². The molecule has 0 radical (unpaired) electrons. The first-order valence-corrected chi connectivity index (χ1v) is 9.66. The van der Waals surface area contributed by atoms with Gasteiger partial charge in [-0.25, -0.2) is 0 Å². The van der Waals surface area contributed by atoms with Crippen LogP contribution < -0.4 is 5.73 Å². The highest BCUT2D eigenvalue weighted by Crippen LogP contribution is 2.30. The van der Waals surface area contributed by atoms with Gasteiger partial charge in [-0.05, 0) is 18.4 Å². The molecule has 1 aromatic carbocycles. The van der Waals surface area contributed by atoms with Crippen LogP contribution in [-0.2, 0) is 9.53 Å². The average Bonchev–Trinajstić information content (AvgIpc) is 3.02. The monoisotopic (exact) mass is 379 g/mol. The number of carbonyl (C=O) groups is 1. The molecule has 0 aromatic heterocycles. The molecule has 1 aliphatic carbocycles. The number of halogens is 1. The van der Waals surface area contributed by atoms with Crippen LogP contribution in [0.2, 0.25) is 0 Å². The second-order valence-electron chi connectivity index (χ2n) is 7.72. The first kappa shape index (κ1) is 19.6. The van der Waals surface area contributed by atoms with Crippen LogP contribution >= 0.6 is 12.4 Å². The molecule has 3 aliphatic rings. The van der Waals surface area contributed by atoms with Crippen molar-refractivity contribution in [2.45, 2.75) is 49.8 Å². The van der Waals surface area contributed by atoms with Crippen molar-refractivity contribution < 1.29 is 9.53 Å². The van der Waals surface area contributed by atoms with Gasteiger partial charge in [0.25, 0.3) is 0 Å². The summed E-state index contributed by atoms with van der Waals surface area (Å²) >= 11 is 0. The molecule has 0 spiro atoms. The molecule has 4 rings (SSSR count). The van der Waals surface area contributed by atoms with E-state index < -0.39 is 0 Å². The van der Waals surface area contributed by atoms with Crippen LogP contribution in [-0.4, -0.2) is 66.7 Å². The molecule has 0 bridgehead atoms. The Kier molecular flexibility index (Phi) is 6.56. The Bertz CT molecular complexity index is 598. The quantitative estimate of drug-likeness (QED) is 0.872. The number of amides is 1. The lowest BCUT2D eigenvalue weighted by Gasteiger charge is -2.44. The molecule has 1 saturated carbocycles. The van der Waals surface area contributed by atoms with E-state index in [-0.39, 0.29) is 36.5 Å². The van der Waals surface area contributed by atoms with Gasteiger partial charge in [-0.1, -0.05) is 43.2 Å². The number of morpholine rings is 1. The topological polar surface area (TPSA) is 58.8 Å². The third kappa shape index (κ3) is 4.06. The van der Waals surface area contributed by atoms with Crippen molar-refractivity contribution in [2.24, 2.45) is 5.73 Å². The van der Waals surface area contributed by atoms with E-state index in [1.54, 1.807) is 0 Å². The summed E-state index contributed by atoms with van der Waals surface area (Å²) in [7, 11) is 0. The Morgan fingerprint density at radius 1 is 1.15 bits per heavy atom. The molecule has 2 N–H and O–H groups in total. The number of likely N-dealkylation sites (tertiary alicyclic amines) is 1. The van der Waals surface area contributed by atoms with E-state index in [9.17, 15) is 4.79 Å². The zero-order valence-corrected chi connectivity index (χ0v) is 16.1. The van der Waals surface area contributed by atoms with Gasteiger partial charge in [0.15, 0.2) is 0 Å². The molecule has 26 heavy (non-hydrogen) atoms. The fraction of sp³-hybridized carbons (Fsp3) is 0.650. The maximum absolute atomic E-state index is 12.9. The summed E-state index contributed by atoms with van der Waals surface area (Å²) in [5, 5.41) is 0. The van der Waals surface area contributed by atoms with Gasteiger partial charge in [-0.2, -0.15) is 0 Å². The number of rotatable bonds is 3. The molecule has 2 saturated heterocycles. The minimum atomic E-state index is 0. The molecule has 4 atom stereocenters. The first-order valence-electron chi connectivity index (χ1n) is 9.66. The third-order valence-electron chi connectivity index (χ3n) is 6.08. The lowest BCUT2D eigenvalue weighted by molar-refractivity contribution is -0.150. The molecule has 1 amide bonds. The number of nitrogens with two attached hydrogens (primary N) is 1. The van der Waals surface area contributed by atoms with Crippen molar-refractivity contribution in [3.8, 4) is 0 Å². The van der Waals surface area contributed by atoms with Crippen molar-refractivity contribution >= 4 is 18.3 Å². The van der Waals surface area contributed by atoms with Crippen molar-refractivity contribution in [1.82, 2.24) is 9.80 Å². The number of ether oxygens (including phenoxy) is 1. The second-order valence-corrected chi connectivity index (χ2v) is 7.72. The zero-order chi connectivity index (χ0) is 17.2. The van der Waals surface area contributed by atoms with Crippen LogP contribution in [0.15, 0.2) is 30.3 Å². The number of fused-ring (bicyclic) bond motifs is 1. The highest BCUT2D eigenvalue weighted by molar-refractivity contribution is 5.85. The Morgan fingerprint density at radius 2 is 1.92 bits per heavy atom. The predicted molar refractivity (Wildman–Crippen MR) is 105 cm³/mol. The van der Waals surface area contributed by atoms with Crippen molar-refractivity contribution in [3.05, 3.63) is 35.9 Å². The van der Waals surface area contributed by atoms with Crippen LogP contribution in [0, 0.1) is 0 Å². The van der Waals surface area contributed by atoms with Crippen molar-refractivity contribution in [1.29, 1.82) is 0 Å². The number of hydrogen-bond acceptors (Lipinski definition) is 4. The van der Waals surface area contributed by atoms with Gasteiger partial charge in [0, 0.05) is 31.6 Å². The summed E-state index contributed by atoms with van der Waals surface area (Å²) in [4.78, 5) is 17.3. The second kappa shape index (κ2) is 8.70. The third-order valence-corrected chi connectivity index (χ3v) is 6.08. The van der Waals surface area contributed by atoms with Crippen LogP contribution in [0.4, 0.5) is 0 Å². The summed E-state index contributed by atoms with van der Waals surface area (Å²) in [6, 6.07) is 10.8. The van der Waals surface area contributed by atoms with Gasteiger partial charge in [-0.15, -0.1) is 12.4 Å². The maximum Gasteiger partial charge on any atom is 0.237 e. The highest BCUT2D eigenvalue weighted by atomic mass is 35.5. The molecule has 2 heterocycles. The van der Waals surface area contributed by atoms with Gasteiger partial charge in [0.2, 0.25) is 5.91 Å². The molecular formula is C20H30ClN3O2. The minimum absolute atomic E-state index is 0. The van der Waals surface area contributed by atoms with E-state index in [4.69, 9.17) is 10.5 Å². The lowest BCUT2D eigenvalue weighted by Crippen LogP contribution is -2.56. The summed E-state index contributed by atoms with van der Waals surface area (Å²) in [6.07, 6.45) is 4.87. The van der Waals surface area contributed by atoms with Crippen LogP contribution in [0.25, 0.3) is 0 Å². The number of hydrogen-bond donors (Lipinski definition) is 1. The maximum atomic E-state index is 12.9. The molecule has 6 heteroatoms. The largest absolute Gasteiger partial charge is 0.374 e. The van der Waals surface area contributed by atoms with Crippen LogP contribution in [0.5, 0.6) is 0 Å². The fourth-order valence-corrected chi connectivity index (χ4v) is 4.78. The summed E-state index contributed by atoms with van der Waals surface area (Å²) in [6.45, 7) is 3.57. The lowest BCUT2D eigenvalue weighted by atomic mass is 9.90. The highest BCUT2D eigenvalue weighted by Gasteiger charge is 2.38. The zero-order valence-electron chi connectivity index (χ0n) is 15.3. The van der Waals surface area contributed by atoms with Gasteiger partial charge < -0.3 is 15.4 Å². The Hall–Kier alpha value is -1.14. The van der Waals surface area contributed by atoms with E-state index in [1.165, 1.54) is 18.4 Å². The molecular weight excluding hydrogens is 350 g/mol. The molecule has 144 valence electrons. The number of carbonyl (C=O) groups excluding carboxylic acids is 1. The van der Waals surface area contributed by atoms with Gasteiger partial charge in [-0.3, -0.25) is 9.69 Å². The minimum Gasteiger partial charge on any atom is -0.374 e. The van der Waals surface area contributed by atoms with Gasteiger partial charge >= 0.3 is 0 Å². The SMILES string of the molecule is Cl.N[C@@H]1CN(CC(=O)N2CCOC3CCCCC32)C[C@H]1c1ccccc1. The number of benzene rings is 1. The molecule has 5 nitrogen and oxygen atoms in total. The Labute approximate surface area is 162 Å². The van der Waals surface area contributed by atoms with Crippen LogP contribution in [0.3, 0.4) is 0 Å². The molecule has 1 aromatic rings. The van der Waals surface area contributed by atoms with Crippen LogP contribution in [0.1, 0.15) is 37.2 Å². The fourth-order valence-electron chi connectivity index (χ4n) is 4.78. The Balaban J connectivity index is 0.00000196. The Morgan fingerprint density at radius 3 is 2.73 bits per heavy atom. The van der Waals surface area contributed by atoms with E-state index in [0.29, 0.717) is 19.1 Å². The summed E-state index contributed by atoms with van der Waals surface area (Å²) in [5.74, 6) is 0.572. The van der Waals surface area contributed by atoms with Gasteiger partial charge in [0.05, 0.1) is 25.3 Å². The smallest absolute Gasteiger partial charge is 0.237 e. The standard InChI is InChI=1S/C20H29N3O2.ClH/c21-17-13-22(12-16(17)15-6-2-1-3-7-15)14-20(24)23-10-11-25-19-9-5-4-8-18(19)23;/h1-3,6-7,16-19H,4-5,8-14,21H2;1H/t16-,17+,18?,19?;/m0./s1. The summed E-state index contributed by atoms with van der Waals surface area (Å²) in [5.41, 5.74) is 7.66. The summed E-state index contributed by atoms with van der Waals surface area (Å²) < 4.78 is 5.90.